The topological polar surface area (TPSA) is 66.0 Å². The first-order valence-corrected chi connectivity index (χ1v) is 6.81. The van der Waals surface area contributed by atoms with E-state index in [9.17, 15) is 0 Å². The second-order valence-electron chi connectivity index (χ2n) is 5.78. The van der Waals surface area contributed by atoms with E-state index in [1.807, 2.05) is 12.1 Å². The molecular formula is C15H22N4O. The number of hydrogen-bond donors (Lipinski definition) is 1. The van der Waals surface area contributed by atoms with Gasteiger partial charge in [-0.15, -0.1) is 5.10 Å². The van der Waals surface area contributed by atoms with Crippen molar-refractivity contribution in [2.45, 2.75) is 39.3 Å². The van der Waals surface area contributed by atoms with Gasteiger partial charge in [0.05, 0.1) is 18.4 Å². The summed E-state index contributed by atoms with van der Waals surface area (Å²) in [5.41, 5.74) is 7.97. The van der Waals surface area contributed by atoms with Crippen LogP contribution in [0.25, 0.3) is 0 Å². The minimum absolute atomic E-state index is 0.162. The molecule has 5 nitrogen and oxygen atoms in total. The van der Waals surface area contributed by atoms with E-state index < -0.39 is 0 Å². The molecule has 0 aliphatic rings. The number of hydrogen-bond acceptors (Lipinski definition) is 4. The Kier molecular flexibility index (Phi) is 4.39. The maximum Gasteiger partial charge on any atom is 0.119 e. The van der Waals surface area contributed by atoms with Crippen molar-refractivity contribution < 1.29 is 4.74 Å². The minimum Gasteiger partial charge on any atom is -0.492 e. The number of aromatic nitrogens is 3. The Morgan fingerprint density at radius 2 is 1.90 bits per heavy atom. The summed E-state index contributed by atoms with van der Waals surface area (Å²) in [5.74, 6) is 0.868. The van der Waals surface area contributed by atoms with Gasteiger partial charge in [0, 0.05) is 6.54 Å². The molecule has 0 amide bonds. The van der Waals surface area contributed by atoms with Crippen LogP contribution in [0.3, 0.4) is 0 Å². The zero-order valence-electron chi connectivity index (χ0n) is 12.3. The lowest BCUT2D eigenvalue weighted by Crippen LogP contribution is -2.14. The van der Waals surface area contributed by atoms with Crippen LogP contribution in [-0.2, 0) is 18.5 Å². The molecule has 1 heterocycles. The Bertz CT molecular complexity index is 540. The van der Waals surface area contributed by atoms with Crippen LogP contribution in [0.15, 0.2) is 30.5 Å². The van der Waals surface area contributed by atoms with Gasteiger partial charge in [0.1, 0.15) is 12.4 Å². The van der Waals surface area contributed by atoms with Gasteiger partial charge in [0.15, 0.2) is 0 Å². The fourth-order valence-corrected chi connectivity index (χ4v) is 1.93. The summed E-state index contributed by atoms with van der Waals surface area (Å²) in [6.07, 6.45) is 1.68. The van der Waals surface area contributed by atoms with Crippen LogP contribution in [0.1, 0.15) is 32.0 Å². The summed E-state index contributed by atoms with van der Waals surface area (Å²) < 4.78 is 7.48. The van der Waals surface area contributed by atoms with Crippen molar-refractivity contribution in [3.63, 3.8) is 0 Å². The highest BCUT2D eigenvalue weighted by Crippen LogP contribution is 2.24. The third-order valence-corrected chi connectivity index (χ3v) is 3.20. The first-order chi connectivity index (χ1) is 9.50. The van der Waals surface area contributed by atoms with Crippen LogP contribution < -0.4 is 10.5 Å². The molecule has 1 aromatic carbocycles. The third kappa shape index (κ3) is 3.57. The van der Waals surface area contributed by atoms with E-state index in [2.05, 4.69) is 43.2 Å². The summed E-state index contributed by atoms with van der Waals surface area (Å²) in [4.78, 5) is 0. The molecule has 2 N–H and O–H groups in total. The zero-order chi connectivity index (χ0) is 14.6. The van der Waals surface area contributed by atoms with Gasteiger partial charge in [-0.3, -0.25) is 0 Å². The van der Waals surface area contributed by atoms with Gasteiger partial charge < -0.3 is 10.5 Å². The standard InChI is InChI=1S/C15H22N4O/c1-15(2,3)12-4-6-14(7-5-12)20-9-8-19-13(10-16)11-17-18-19/h4-7,11H,8-10,16H2,1-3H3. The molecule has 0 unspecified atom stereocenters. The molecule has 2 aromatic rings. The predicted octanol–water partition coefficient (Wildman–Crippen LogP) is 2.11. The van der Waals surface area contributed by atoms with Crippen molar-refractivity contribution in [2.75, 3.05) is 6.61 Å². The quantitative estimate of drug-likeness (QED) is 0.907. The lowest BCUT2D eigenvalue weighted by Gasteiger charge is -2.19. The van der Waals surface area contributed by atoms with Crippen LogP contribution >= 0.6 is 0 Å². The largest absolute Gasteiger partial charge is 0.492 e. The van der Waals surface area contributed by atoms with E-state index in [1.165, 1.54) is 5.56 Å². The van der Waals surface area contributed by atoms with Crippen molar-refractivity contribution in [2.24, 2.45) is 5.73 Å². The molecule has 1 aromatic heterocycles. The van der Waals surface area contributed by atoms with Crippen molar-refractivity contribution in [1.29, 1.82) is 0 Å². The first kappa shape index (κ1) is 14.5. The highest BCUT2D eigenvalue weighted by atomic mass is 16.5. The molecule has 0 fully saturated rings. The van der Waals surface area contributed by atoms with Crippen LogP contribution in [0.4, 0.5) is 0 Å². The van der Waals surface area contributed by atoms with Gasteiger partial charge in [-0.2, -0.15) is 0 Å². The lowest BCUT2D eigenvalue weighted by atomic mass is 9.87. The number of nitrogens with two attached hydrogens (primary N) is 1. The molecule has 0 saturated carbocycles. The van der Waals surface area contributed by atoms with Crippen LogP contribution in [0.5, 0.6) is 5.75 Å². The summed E-state index contributed by atoms with van der Waals surface area (Å²) in [7, 11) is 0. The molecule has 0 atom stereocenters. The Hall–Kier alpha value is -1.88. The highest BCUT2D eigenvalue weighted by Gasteiger charge is 2.12. The van der Waals surface area contributed by atoms with Gasteiger partial charge in [-0.1, -0.05) is 38.1 Å². The number of rotatable bonds is 5. The molecule has 0 bridgehead atoms. The average Bonchev–Trinajstić information content (AvgIpc) is 2.86. The fourth-order valence-electron chi connectivity index (χ4n) is 1.93. The smallest absolute Gasteiger partial charge is 0.119 e. The molecule has 2 rings (SSSR count). The van der Waals surface area contributed by atoms with Crippen molar-refractivity contribution in [1.82, 2.24) is 15.0 Å². The van der Waals surface area contributed by atoms with Crippen LogP contribution in [0, 0.1) is 0 Å². The molecular weight excluding hydrogens is 252 g/mol. The Morgan fingerprint density at radius 3 is 2.50 bits per heavy atom. The van der Waals surface area contributed by atoms with Crippen molar-refractivity contribution in [3.8, 4) is 5.75 Å². The monoisotopic (exact) mass is 274 g/mol. The van der Waals surface area contributed by atoms with E-state index in [-0.39, 0.29) is 5.41 Å². The molecule has 20 heavy (non-hydrogen) atoms. The van der Waals surface area contributed by atoms with Gasteiger partial charge in [0.25, 0.3) is 0 Å². The zero-order valence-corrected chi connectivity index (χ0v) is 12.3. The Labute approximate surface area is 119 Å². The third-order valence-electron chi connectivity index (χ3n) is 3.20. The van der Waals surface area contributed by atoms with Crippen molar-refractivity contribution in [3.05, 3.63) is 41.7 Å². The fraction of sp³-hybridized carbons (Fsp3) is 0.467. The maximum absolute atomic E-state index is 5.72. The number of benzene rings is 1. The number of ether oxygens (including phenoxy) is 1. The summed E-state index contributed by atoms with van der Waals surface area (Å²) in [6.45, 7) is 8.22. The molecule has 0 saturated heterocycles. The summed E-state index contributed by atoms with van der Waals surface area (Å²) in [5, 5.41) is 7.81. The van der Waals surface area contributed by atoms with E-state index >= 15 is 0 Å². The molecule has 0 aliphatic heterocycles. The van der Waals surface area contributed by atoms with Gasteiger partial charge >= 0.3 is 0 Å². The van der Waals surface area contributed by atoms with E-state index in [1.54, 1.807) is 10.9 Å². The van der Waals surface area contributed by atoms with Gasteiger partial charge in [0.2, 0.25) is 0 Å². The molecule has 5 heteroatoms. The Morgan fingerprint density at radius 1 is 1.20 bits per heavy atom. The maximum atomic E-state index is 5.72. The highest BCUT2D eigenvalue weighted by molar-refractivity contribution is 5.31. The Balaban J connectivity index is 1.88. The van der Waals surface area contributed by atoms with Gasteiger partial charge in [-0.25, -0.2) is 4.68 Å². The minimum atomic E-state index is 0.162. The molecule has 0 radical (unpaired) electrons. The SMILES string of the molecule is CC(C)(C)c1ccc(OCCn2nncc2CN)cc1. The van der Waals surface area contributed by atoms with E-state index in [0.29, 0.717) is 19.7 Å². The van der Waals surface area contributed by atoms with Crippen LogP contribution in [0.2, 0.25) is 0 Å². The van der Waals surface area contributed by atoms with Crippen molar-refractivity contribution >= 4 is 0 Å². The molecule has 108 valence electrons. The molecule has 0 spiro atoms. The number of nitrogens with zero attached hydrogens (tertiary/aromatic N) is 3. The van der Waals surface area contributed by atoms with E-state index in [0.717, 1.165) is 11.4 Å². The molecule has 0 aliphatic carbocycles. The summed E-state index contributed by atoms with van der Waals surface area (Å²) >= 11 is 0. The van der Waals surface area contributed by atoms with Crippen LogP contribution in [-0.4, -0.2) is 21.6 Å². The second kappa shape index (κ2) is 6.05. The second-order valence-corrected chi connectivity index (χ2v) is 5.78. The van der Waals surface area contributed by atoms with E-state index in [4.69, 9.17) is 10.5 Å². The normalized spacial score (nSPS) is 11.6. The average molecular weight is 274 g/mol. The first-order valence-electron chi connectivity index (χ1n) is 6.81. The predicted molar refractivity (Wildman–Crippen MR) is 78.6 cm³/mol. The van der Waals surface area contributed by atoms with Gasteiger partial charge in [-0.05, 0) is 23.1 Å². The summed E-state index contributed by atoms with van der Waals surface area (Å²) in [6, 6.07) is 8.23. The lowest BCUT2D eigenvalue weighted by molar-refractivity contribution is 0.287.